The van der Waals surface area contributed by atoms with Gasteiger partial charge in [0.25, 0.3) is 5.91 Å². The van der Waals surface area contributed by atoms with Crippen LogP contribution >= 0.6 is 11.6 Å². The van der Waals surface area contributed by atoms with E-state index in [4.69, 9.17) is 16.3 Å². The van der Waals surface area contributed by atoms with Crippen molar-refractivity contribution in [1.29, 1.82) is 0 Å². The van der Waals surface area contributed by atoms with E-state index in [1.54, 1.807) is 42.5 Å². The monoisotopic (exact) mass is 358 g/mol. The van der Waals surface area contributed by atoms with Crippen molar-refractivity contribution in [2.75, 3.05) is 17.2 Å². The first-order valence-electron chi connectivity index (χ1n) is 7.67. The number of rotatable bonds is 5. The van der Waals surface area contributed by atoms with Gasteiger partial charge in [0.2, 0.25) is 5.91 Å². The molecule has 6 nitrogen and oxygen atoms in total. The molecule has 0 atom stereocenters. The maximum absolute atomic E-state index is 12.1. The molecule has 1 aliphatic heterocycles. The topological polar surface area (TPSA) is 84.5 Å². The van der Waals surface area contributed by atoms with Gasteiger partial charge in [0, 0.05) is 23.4 Å². The lowest BCUT2D eigenvalue weighted by Crippen LogP contribution is -2.26. The quantitative estimate of drug-likeness (QED) is 0.803. The Morgan fingerprint density at radius 3 is 2.76 bits per heavy atom. The zero-order chi connectivity index (χ0) is 17.8. The largest absolute Gasteiger partial charge is 0.479 e. The van der Waals surface area contributed by atoms with Crippen molar-refractivity contribution in [3.05, 3.63) is 53.1 Å². The van der Waals surface area contributed by atoms with E-state index in [0.717, 1.165) is 0 Å². The van der Waals surface area contributed by atoms with Gasteiger partial charge in [0.1, 0.15) is 0 Å². The van der Waals surface area contributed by atoms with Crippen molar-refractivity contribution < 1.29 is 19.1 Å². The lowest BCUT2D eigenvalue weighted by Gasteiger charge is -2.20. The SMILES string of the molecule is O=C(CCC(=O)c1cccc(Cl)c1)Nc1cccc2c1OCC(=O)N2. The average molecular weight is 359 g/mol. The Morgan fingerprint density at radius 2 is 1.96 bits per heavy atom. The van der Waals surface area contributed by atoms with Crippen LogP contribution < -0.4 is 15.4 Å². The highest BCUT2D eigenvalue weighted by molar-refractivity contribution is 6.31. The Bertz CT molecular complexity index is 851. The van der Waals surface area contributed by atoms with Gasteiger partial charge in [-0.05, 0) is 24.3 Å². The first-order chi connectivity index (χ1) is 12.0. The number of anilines is 2. The molecule has 1 heterocycles. The molecular weight excluding hydrogens is 344 g/mol. The Hall–Kier alpha value is -2.86. The van der Waals surface area contributed by atoms with Crippen LogP contribution in [0.25, 0.3) is 0 Å². The average Bonchev–Trinajstić information content (AvgIpc) is 2.59. The van der Waals surface area contributed by atoms with Crippen molar-refractivity contribution >= 4 is 40.6 Å². The summed E-state index contributed by atoms with van der Waals surface area (Å²) in [6.07, 6.45) is 0.0974. The molecule has 0 unspecified atom stereocenters. The molecule has 128 valence electrons. The second-order valence-electron chi connectivity index (χ2n) is 5.50. The molecule has 0 saturated heterocycles. The maximum Gasteiger partial charge on any atom is 0.262 e. The summed E-state index contributed by atoms with van der Waals surface area (Å²) in [5.41, 5.74) is 1.44. The van der Waals surface area contributed by atoms with Gasteiger partial charge < -0.3 is 15.4 Å². The van der Waals surface area contributed by atoms with Crippen molar-refractivity contribution in [2.45, 2.75) is 12.8 Å². The zero-order valence-corrected chi connectivity index (χ0v) is 13.9. The predicted octanol–water partition coefficient (Wildman–Crippen LogP) is 3.27. The summed E-state index contributed by atoms with van der Waals surface area (Å²) in [6, 6.07) is 11.7. The number of hydrogen-bond acceptors (Lipinski definition) is 4. The number of benzene rings is 2. The molecule has 2 amide bonds. The fourth-order valence-electron chi connectivity index (χ4n) is 2.46. The number of Topliss-reactive ketones (excluding diaryl/α,β-unsaturated/α-hetero) is 1. The Morgan fingerprint density at radius 1 is 1.16 bits per heavy atom. The molecule has 0 fully saturated rings. The highest BCUT2D eigenvalue weighted by Crippen LogP contribution is 2.35. The fourth-order valence-corrected chi connectivity index (χ4v) is 2.65. The van der Waals surface area contributed by atoms with E-state index < -0.39 is 0 Å². The molecule has 25 heavy (non-hydrogen) atoms. The third-order valence-corrected chi connectivity index (χ3v) is 3.87. The summed E-state index contributed by atoms with van der Waals surface area (Å²) in [4.78, 5) is 35.6. The van der Waals surface area contributed by atoms with E-state index in [-0.39, 0.29) is 37.0 Å². The van der Waals surface area contributed by atoms with Gasteiger partial charge in [0.05, 0.1) is 11.4 Å². The molecule has 0 saturated carbocycles. The predicted molar refractivity (Wildman–Crippen MR) is 94.2 cm³/mol. The van der Waals surface area contributed by atoms with Gasteiger partial charge in [-0.2, -0.15) is 0 Å². The molecule has 3 rings (SSSR count). The number of fused-ring (bicyclic) bond motifs is 1. The number of ether oxygens (including phenoxy) is 1. The van der Waals surface area contributed by atoms with Gasteiger partial charge in [-0.25, -0.2) is 0 Å². The van der Waals surface area contributed by atoms with Gasteiger partial charge in [0.15, 0.2) is 18.1 Å². The molecule has 0 spiro atoms. The minimum Gasteiger partial charge on any atom is -0.479 e. The van der Waals surface area contributed by atoms with Gasteiger partial charge >= 0.3 is 0 Å². The first-order valence-corrected chi connectivity index (χ1v) is 8.05. The van der Waals surface area contributed by atoms with Gasteiger partial charge in [-0.3, -0.25) is 14.4 Å². The molecule has 0 radical (unpaired) electrons. The Kier molecular flexibility index (Phi) is 5.00. The number of carbonyl (C=O) groups excluding carboxylic acids is 3. The normalized spacial score (nSPS) is 12.6. The van der Waals surface area contributed by atoms with Crippen LogP contribution in [0, 0.1) is 0 Å². The number of hydrogen-bond donors (Lipinski definition) is 2. The number of carbonyl (C=O) groups is 3. The standard InChI is InChI=1S/C18H15ClN2O4/c19-12-4-1-3-11(9-12)15(22)7-8-16(23)20-13-5-2-6-14-18(13)25-10-17(24)21-14/h1-6,9H,7-8,10H2,(H,20,23)(H,21,24). The van der Waals surface area contributed by atoms with Crippen molar-refractivity contribution in [1.82, 2.24) is 0 Å². The minimum absolute atomic E-state index is 0.0291. The molecule has 0 aliphatic carbocycles. The molecule has 7 heteroatoms. The number of para-hydroxylation sites is 1. The lowest BCUT2D eigenvalue weighted by atomic mass is 10.1. The van der Waals surface area contributed by atoms with Crippen LogP contribution in [0.1, 0.15) is 23.2 Å². The summed E-state index contributed by atoms with van der Waals surface area (Å²) in [5.74, 6) is -0.305. The molecule has 2 aromatic carbocycles. The maximum atomic E-state index is 12.1. The van der Waals surface area contributed by atoms with Crippen LogP contribution in [0.3, 0.4) is 0 Å². The highest BCUT2D eigenvalue weighted by atomic mass is 35.5. The summed E-state index contributed by atoms with van der Waals surface area (Å²) in [5, 5.41) is 5.86. The van der Waals surface area contributed by atoms with Crippen molar-refractivity contribution in [3.8, 4) is 5.75 Å². The van der Waals surface area contributed by atoms with E-state index in [9.17, 15) is 14.4 Å². The van der Waals surface area contributed by atoms with Crippen molar-refractivity contribution in [2.24, 2.45) is 0 Å². The molecule has 2 N–H and O–H groups in total. The first kappa shape index (κ1) is 17.0. The number of ketones is 1. The highest BCUT2D eigenvalue weighted by Gasteiger charge is 2.20. The second-order valence-corrected chi connectivity index (χ2v) is 5.94. The van der Waals surface area contributed by atoms with Crippen LogP contribution in [0.15, 0.2) is 42.5 Å². The van der Waals surface area contributed by atoms with Crippen LogP contribution in [0.2, 0.25) is 5.02 Å². The molecule has 1 aliphatic rings. The second kappa shape index (κ2) is 7.36. The molecular formula is C18H15ClN2O4. The molecule has 0 bridgehead atoms. The van der Waals surface area contributed by atoms with E-state index in [1.165, 1.54) is 0 Å². The van der Waals surface area contributed by atoms with Gasteiger partial charge in [-0.15, -0.1) is 0 Å². The zero-order valence-electron chi connectivity index (χ0n) is 13.2. The summed E-state index contributed by atoms with van der Waals surface area (Å²) in [7, 11) is 0. The molecule has 2 aromatic rings. The lowest BCUT2D eigenvalue weighted by molar-refractivity contribution is -0.118. The smallest absolute Gasteiger partial charge is 0.262 e. The third kappa shape index (κ3) is 4.16. The van der Waals surface area contributed by atoms with Crippen LogP contribution in [0.5, 0.6) is 5.75 Å². The van der Waals surface area contributed by atoms with Gasteiger partial charge in [-0.1, -0.05) is 29.8 Å². The van der Waals surface area contributed by atoms with Crippen LogP contribution in [-0.2, 0) is 9.59 Å². The summed E-state index contributed by atoms with van der Waals surface area (Å²) >= 11 is 5.86. The number of halogens is 1. The Labute approximate surface area is 149 Å². The Balaban J connectivity index is 1.61. The van der Waals surface area contributed by atoms with E-state index in [0.29, 0.717) is 27.7 Å². The van der Waals surface area contributed by atoms with E-state index >= 15 is 0 Å². The molecule has 0 aromatic heterocycles. The summed E-state index contributed by atoms with van der Waals surface area (Å²) < 4.78 is 5.37. The van der Waals surface area contributed by atoms with Crippen LogP contribution in [-0.4, -0.2) is 24.2 Å². The van der Waals surface area contributed by atoms with E-state index in [1.807, 2.05) is 0 Å². The van der Waals surface area contributed by atoms with Crippen molar-refractivity contribution in [3.63, 3.8) is 0 Å². The fraction of sp³-hybridized carbons (Fsp3) is 0.167. The third-order valence-electron chi connectivity index (χ3n) is 3.64. The number of amides is 2. The summed E-state index contributed by atoms with van der Waals surface area (Å²) in [6.45, 7) is -0.104. The number of nitrogens with one attached hydrogen (secondary N) is 2. The minimum atomic E-state index is -0.315. The van der Waals surface area contributed by atoms with Crippen LogP contribution in [0.4, 0.5) is 11.4 Å². The van der Waals surface area contributed by atoms with E-state index in [2.05, 4.69) is 10.6 Å².